The number of aryl methyl sites for hydroxylation is 1. The standard InChI is InChI=1S/C18H23N3O3/c1-13-4-9-16(18(23)20-13)17(22)19-12-14-5-7-15(8-6-14)24-11-10-21(2)3/h4-9H,10-12H2,1-3H3,(H,19,22)(H,20,23). The van der Waals surface area contributed by atoms with Crippen LogP contribution in [0.4, 0.5) is 0 Å². The Labute approximate surface area is 141 Å². The molecule has 1 heterocycles. The summed E-state index contributed by atoms with van der Waals surface area (Å²) in [6.45, 7) is 3.59. The van der Waals surface area contributed by atoms with Crippen LogP contribution in [-0.4, -0.2) is 43.0 Å². The Kier molecular flexibility index (Phi) is 6.14. The van der Waals surface area contributed by atoms with E-state index in [2.05, 4.69) is 15.2 Å². The highest BCUT2D eigenvalue weighted by atomic mass is 16.5. The molecule has 0 aliphatic carbocycles. The number of nitrogens with one attached hydrogen (secondary N) is 2. The molecule has 128 valence electrons. The molecule has 1 amide bonds. The van der Waals surface area contributed by atoms with Gasteiger partial charge >= 0.3 is 0 Å². The molecule has 1 aromatic heterocycles. The van der Waals surface area contributed by atoms with Crippen molar-refractivity contribution < 1.29 is 9.53 Å². The minimum Gasteiger partial charge on any atom is -0.492 e. The van der Waals surface area contributed by atoms with Crippen molar-refractivity contribution in [2.24, 2.45) is 0 Å². The average Bonchev–Trinajstić information content (AvgIpc) is 2.53. The molecule has 1 aromatic carbocycles. The molecule has 0 aliphatic heterocycles. The van der Waals surface area contributed by atoms with Gasteiger partial charge < -0.3 is 19.9 Å². The summed E-state index contributed by atoms with van der Waals surface area (Å²) in [6.07, 6.45) is 0. The minimum absolute atomic E-state index is 0.115. The van der Waals surface area contributed by atoms with Crippen LogP contribution in [0.25, 0.3) is 0 Å². The Morgan fingerprint density at radius 3 is 2.50 bits per heavy atom. The number of rotatable bonds is 7. The second kappa shape index (κ2) is 8.31. The highest BCUT2D eigenvalue weighted by Crippen LogP contribution is 2.12. The Balaban J connectivity index is 1.87. The number of H-pyrrole nitrogens is 1. The third kappa shape index (κ3) is 5.24. The maximum absolute atomic E-state index is 12.1. The second-order valence-corrected chi connectivity index (χ2v) is 5.86. The summed E-state index contributed by atoms with van der Waals surface area (Å²) >= 11 is 0. The Morgan fingerprint density at radius 1 is 1.17 bits per heavy atom. The molecular formula is C18H23N3O3. The van der Waals surface area contributed by atoms with Crippen LogP contribution in [-0.2, 0) is 6.54 Å². The summed E-state index contributed by atoms with van der Waals surface area (Å²) in [5.74, 6) is 0.407. The van der Waals surface area contributed by atoms with Gasteiger partial charge in [0.1, 0.15) is 17.9 Å². The Bertz CT molecular complexity index is 736. The summed E-state index contributed by atoms with van der Waals surface area (Å²) in [7, 11) is 3.99. The van der Waals surface area contributed by atoms with Crippen LogP contribution in [0, 0.1) is 6.92 Å². The van der Waals surface area contributed by atoms with E-state index < -0.39 is 0 Å². The van der Waals surface area contributed by atoms with Crippen molar-refractivity contribution in [2.75, 3.05) is 27.2 Å². The minimum atomic E-state index is -0.387. The van der Waals surface area contributed by atoms with E-state index in [0.717, 1.165) is 23.6 Å². The van der Waals surface area contributed by atoms with Gasteiger partial charge in [-0.2, -0.15) is 0 Å². The monoisotopic (exact) mass is 329 g/mol. The summed E-state index contributed by atoms with van der Waals surface area (Å²) < 4.78 is 5.62. The van der Waals surface area contributed by atoms with Gasteiger partial charge in [0, 0.05) is 18.8 Å². The van der Waals surface area contributed by atoms with Gasteiger partial charge in [-0.05, 0) is 50.8 Å². The number of nitrogens with zero attached hydrogens (tertiary/aromatic N) is 1. The molecule has 24 heavy (non-hydrogen) atoms. The number of likely N-dealkylation sites (N-methyl/N-ethyl adjacent to an activating group) is 1. The van der Waals surface area contributed by atoms with Gasteiger partial charge in [-0.3, -0.25) is 9.59 Å². The first-order valence-corrected chi connectivity index (χ1v) is 7.80. The third-order valence-corrected chi connectivity index (χ3v) is 3.48. The Morgan fingerprint density at radius 2 is 1.88 bits per heavy atom. The van der Waals surface area contributed by atoms with Crippen LogP contribution in [0.3, 0.4) is 0 Å². The van der Waals surface area contributed by atoms with Crippen molar-refractivity contribution in [1.82, 2.24) is 15.2 Å². The van der Waals surface area contributed by atoms with Crippen molar-refractivity contribution in [3.05, 3.63) is 63.6 Å². The lowest BCUT2D eigenvalue weighted by molar-refractivity contribution is 0.0949. The number of hydrogen-bond donors (Lipinski definition) is 2. The molecule has 6 heteroatoms. The second-order valence-electron chi connectivity index (χ2n) is 5.86. The van der Waals surface area contributed by atoms with Crippen molar-refractivity contribution in [2.45, 2.75) is 13.5 Å². The largest absolute Gasteiger partial charge is 0.492 e. The maximum atomic E-state index is 12.1. The highest BCUT2D eigenvalue weighted by Gasteiger charge is 2.09. The lowest BCUT2D eigenvalue weighted by Crippen LogP contribution is -2.29. The molecule has 0 atom stereocenters. The van der Waals surface area contributed by atoms with Crippen molar-refractivity contribution in [1.29, 1.82) is 0 Å². The van der Waals surface area contributed by atoms with E-state index in [-0.39, 0.29) is 17.0 Å². The predicted octanol–water partition coefficient (Wildman–Crippen LogP) is 1.55. The fourth-order valence-corrected chi connectivity index (χ4v) is 2.08. The molecule has 6 nitrogen and oxygen atoms in total. The number of hydrogen-bond acceptors (Lipinski definition) is 4. The summed E-state index contributed by atoms with van der Waals surface area (Å²) in [5, 5.41) is 2.75. The summed E-state index contributed by atoms with van der Waals surface area (Å²) in [4.78, 5) is 28.5. The smallest absolute Gasteiger partial charge is 0.260 e. The van der Waals surface area contributed by atoms with Gasteiger partial charge in [-0.25, -0.2) is 0 Å². The highest BCUT2D eigenvalue weighted by molar-refractivity contribution is 5.93. The number of pyridine rings is 1. The number of carbonyl (C=O) groups excluding carboxylic acids is 1. The summed E-state index contributed by atoms with van der Waals surface area (Å²) in [5.41, 5.74) is 1.40. The normalized spacial score (nSPS) is 10.7. The fraction of sp³-hybridized carbons (Fsp3) is 0.333. The number of carbonyl (C=O) groups is 1. The zero-order valence-corrected chi connectivity index (χ0v) is 14.3. The van der Waals surface area contributed by atoms with Crippen molar-refractivity contribution in [3.63, 3.8) is 0 Å². The first-order chi connectivity index (χ1) is 11.5. The van der Waals surface area contributed by atoms with Gasteiger partial charge in [0.25, 0.3) is 11.5 Å². The molecule has 0 fully saturated rings. The van der Waals surface area contributed by atoms with Crippen LogP contribution in [0.5, 0.6) is 5.75 Å². The van der Waals surface area contributed by atoms with E-state index in [0.29, 0.717) is 13.2 Å². The number of aromatic nitrogens is 1. The maximum Gasteiger partial charge on any atom is 0.260 e. The molecule has 0 unspecified atom stereocenters. The molecule has 0 saturated carbocycles. The number of aromatic amines is 1. The fourth-order valence-electron chi connectivity index (χ4n) is 2.08. The van der Waals surface area contributed by atoms with Crippen LogP contribution >= 0.6 is 0 Å². The van der Waals surface area contributed by atoms with E-state index in [9.17, 15) is 9.59 Å². The molecule has 2 aromatic rings. The average molecular weight is 329 g/mol. The number of amides is 1. The van der Waals surface area contributed by atoms with Crippen LogP contribution < -0.4 is 15.6 Å². The lowest BCUT2D eigenvalue weighted by Gasteiger charge is -2.11. The quantitative estimate of drug-likeness (QED) is 0.808. The lowest BCUT2D eigenvalue weighted by atomic mass is 10.2. The van der Waals surface area contributed by atoms with Gasteiger partial charge in [0.2, 0.25) is 0 Å². The Hall–Kier alpha value is -2.60. The van der Waals surface area contributed by atoms with Crippen LogP contribution in [0.1, 0.15) is 21.6 Å². The molecular weight excluding hydrogens is 306 g/mol. The van der Waals surface area contributed by atoms with Crippen molar-refractivity contribution in [3.8, 4) is 5.75 Å². The molecule has 2 N–H and O–H groups in total. The first-order valence-electron chi connectivity index (χ1n) is 7.80. The molecule has 0 radical (unpaired) electrons. The van der Waals surface area contributed by atoms with Gasteiger partial charge in [0.05, 0.1) is 0 Å². The topological polar surface area (TPSA) is 74.4 Å². The van der Waals surface area contributed by atoms with Gasteiger partial charge in [0.15, 0.2) is 0 Å². The number of benzene rings is 1. The van der Waals surface area contributed by atoms with Gasteiger partial charge in [-0.1, -0.05) is 12.1 Å². The molecule has 0 spiro atoms. The predicted molar refractivity (Wildman–Crippen MR) is 93.5 cm³/mol. The van der Waals surface area contributed by atoms with E-state index >= 15 is 0 Å². The number of ether oxygens (including phenoxy) is 1. The summed E-state index contributed by atoms with van der Waals surface area (Å²) in [6, 6.07) is 10.8. The van der Waals surface area contributed by atoms with E-state index in [4.69, 9.17) is 4.74 Å². The van der Waals surface area contributed by atoms with Crippen molar-refractivity contribution >= 4 is 5.91 Å². The van der Waals surface area contributed by atoms with Crippen LogP contribution in [0.15, 0.2) is 41.2 Å². The van der Waals surface area contributed by atoms with E-state index in [1.54, 1.807) is 13.0 Å². The van der Waals surface area contributed by atoms with Crippen LogP contribution in [0.2, 0.25) is 0 Å². The van der Waals surface area contributed by atoms with Gasteiger partial charge in [-0.15, -0.1) is 0 Å². The SMILES string of the molecule is Cc1ccc(C(=O)NCc2ccc(OCCN(C)C)cc2)c(=O)[nH]1. The first kappa shape index (κ1) is 17.7. The molecule has 0 bridgehead atoms. The van der Waals surface area contributed by atoms with E-state index in [1.165, 1.54) is 6.07 Å². The molecule has 0 aliphatic rings. The van der Waals surface area contributed by atoms with E-state index in [1.807, 2.05) is 38.4 Å². The molecule has 2 rings (SSSR count). The zero-order chi connectivity index (χ0) is 17.5. The molecule has 0 saturated heterocycles. The zero-order valence-electron chi connectivity index (χ0n) is 14.3. The third-order valence-electron chi connectivity index (χ3n) is 3.48.